The maximum atomic E-state index is 12.0. The number of hydrogen-bond acceptors (Lipinski definition) is 4. The molecule has 0 aromatic rings. The van der Waals surface area contributed by atoms with Gasteiger partial charge in [0.05, 0.1) is 13.7 Å². The quantitative estimate of drug-likeness (QED) is 0.658. The van der Waals surface area contributed by atoms with Gasteiger partial charge in [0.2, 0.25) is 0 Å². The molecule has 6 heteroatoms. The highest BCUT2D eigenvalue weighted by Crippen LogP contribution is 2.34. The molecule has 2 N–H and O–H groups in total. The molecule has 0 aliphatic carbocycles. The summed E-state index contributed by atoms with van der Waals surface area (Å²) < 4.78 is 4.83. The first-order chi connectivity index (χ1) is 7.74. The molecule has 1 fully saturated rings. The minimum Gasteiger partial charge on any atom is -0.468 e. The summed E-state index contributed by atoms with van der Waals surface area (Å²) >= 11 is 0. The number of ether oxygens (including phenoxy) is 1. The van der Waals surface area contributed by atoms with E-state index in [1.807, 2.05) is 20.8 Å². The van der Waals surface area contributed by atoms with Crippen molar-refractivity contribution in [3.8, 4) is 0 Å². The molecule has 1 unspecified atom stereocenters. The predicted molar refractivity (Wildman–Crippen MR) is 61.8 cm³/mol. The normalized spacial score (nSPS) is 25.5. The van der Waals surface area contributed by atoms with E-state index in [4.69, 9.17) is 9.84 Å². The third kappa shape index (κ3) is 2.36. The number of carboxylic acid groups (broad SMARTS) is 1. The molecule has 6 nitrogen and oxygen atoms in total. The minimum atomic E-state index is -1.01. The average Bonchev–Trinajstić information content (AvgIpc) is 2.26. The predicted octanol–water partition coefficient (Wildman–Crippen LogP) is 0.527. The van der Waals surface area contributed by atoms with Gasteiger partial charge in [-0.15, -0.1) is 0 Å². The van der Waals surface area contributed by atoms with Gasteiger partial charge < -0.3 is 14.7 Å². The van der Waals surface area contributed by atoms with E-state index >= 15 is 0 Å². The smallest absolute Gasteiger partial charge is 0.407 e. The van der Waals surface area contributed by atoms with Crippen LogP contribution in [-0.2, 0) is 9.53 Å². The summed E-state index contributed by atoms with van der Waals surface area (Å²) in [6.45, 7) is 6.61. The van der Waals surface area contributed by atoms with Crippen LogP contribution in [-0.4, -0.2) is 54.4 Å². The van der Waals surface area contributed by atoms with Gasteiger partial charge in [-0.3, -0.25) is 5.32 Å². The summed E-state index contributed by atoms with van der Waals surface area (Å²) in [6, 6.07) is 0. The molecule has 0 aromatic carbocycles. The molecule has 1 heterocycles. The van der Waals surface area contributed by atoms with Crippen molar-refractivity contribution >= 4 is 12.1 Å². The van der Waals surface area contributed by atoms with E-state index in [9.17, 15) is 9.59 Å². The molecule has 98 valence electrons. The average molecular weight is 244 g/mol. The van der Waals surface area contributed by atoms with E-state index in [0.29, 0.717) is 13.1 Å². The van der Waals surface area contributed by atoms with Crippen molar-refractivity contribution in [2.24, 2.45) is 5.41 Å². The molecule has 1 aliphatic heterocycles. The molecule has 0 bridgehead atoms. The zero-order chi connectivity index (χ0) is 13.3. The zero-order valence-electron chi connectivity index (χ0n) is 10.7. The SMILES string of the molecule is COC(=O)C1(C(C)(C)C)CN(C(=O)O)CCN1. The highest BCUT2D eigenvalue weighted by atomic mass is 16.5. The lowest BCUT2D eigenvalue weighted by Crippen LogP contribution is -2.71. The topological polar surface area (TPSA) is 78.9 Å². The maximum Gasteiger partial charge on any atom is 0.407 e. The van der Waals surface area contributed by atoms with Crippen LogP contribution in [0.1, 0.15) is 20.8 Å². The molecule has 17 heavy (non-hydrogen) atoms. The Morgan fingerprint density at radius 3 is 2.41 bits per heavy atom. The first-order valence-electron chi connectivity index (χ1n) is 5.56. The van der Waals surface area contributed by atoms with Crippen molar-refractivity contribution in [2.45, 2.75) is 26.3 Å². The molecule has 1 saturated heterocycles. The van der Waals surface area contributed by atoms with Crippen molar-refractivity contribution < 1.29 is 19.4 Å². The molecular weight excluding hydrogens is 224 g/mol. The summed E-state index contributed by atoms with van der Waals surface area (Å²) in [6.07, 6.45) is -1.01. The lowest BCUT2D eigenvalue weighted by atomic mass is 9.72. The summed E-state index contributed by atoms with van der Waals surface area (Å²) in [7, 11) is 1.32. The van der Waals surface area contributed by atoms with E-state index in [1.54, 1.807) is 0 Å². The lowest BCUT2D eigenvalue weighted by Gasteiger charge is -2.48. The molecule has 1 amide bonds. The van der Waals surface area contributed by atoms with Gasteiger partial charge in [-0.25, -0.2) is 9.59 Å². The van der Waals surface area contributed by atoms with Gasteiger partial charge in [-0.05, 0) is 5.41 Å². The van der Waals surface area contributed by atoms with Gasteiger partial charge in [0.25, 0.3) is 0 Å². The summed E-state index contributed by atoms with van der Waals surface area (Å²) in [5.74, 6) is -0.420. The Morgan fingerprint density at radius 1 is 1.41 bits per heavy atom. The molecule has 0 spiro atoms. The monoisotopic (exact) mass is 244 g/mol. The van der Waals surface area contributed by atoms with E-state index in [0.717, 1.165) is 0 Å². The van der Waals surface area contributed by atoms with Gasteiger partial charge in [0.1, 0.15) is 5.54 Å². The molecule has 1 aliphatic rings. The van der Waals surface area contributed by atoms with E-state index in [-0.39, 0.29) is 6.54 Å². The first-order valence-corrected chi connectivity index (χ1v) is 5.56. The van der Waals surface area contributed by atoms with E-state index in [2.05, 4.69) is 5.32 Å². The van der Waals surface area contributed by atoms with Crippen LogP contribution >= 0.6 is 0 Å². The molecule has 0 saturated carbocycles. The molecule has 1 atom stereocenters. The summed E-state index contributed by atoms with van der Waals surface area (Å²) in [4.78, 5) is 24.3. The molecule has 0 radical (unpaired) electrons. The van der Waals surface area contributed by atoms with Crippen molar-refractivity contribution in [3.63, 3.8) is 0 Å². The van der Waals surface area contributed by atoms with E-state index in [1.165, 1.54) is 12.0 Å². The van der Waals surface area contributed by atoms with Gasteiger partial charge in [-0.1, -0.05) is 20.8 Å². The molecular formula is C11H20N2O4. The number of carbonyl (C=O) groups excluding carboxylic acids is 1. The van der Waals surface area contributed by atoms with Crippen molar-refractivity contribution in [1.82, 2.24) is 10.2 Å². The fourth-order valence-corrected chi connectivity index (χ4v) is 2.11. The van der Waals surface area contributed by atoms with Crippen molar-refractivity contribution in [3.05, 3.63) is 0 Å². The Morgan fingerprint density at radius 2 is 2.00 bits per heavy atom. The van der Waals surface area contributed by atoms with Crippen LogP contribution in [0.4, 0.5) is 4.79 Å². The Hall–Kier alpha value is -1.30. The fraction of sp³-hybridized carbons (Fsp3) is 0.818. The second-order valence-electron chi connectivity index (χ2n) is 5.28. The number of rotatable bonds is 1. The number of nitrogens with zero attached hydrogens (tertiary/aromatic N) is 1. The number of piperazine rings is 1. The number of nitrogens with one attached hydrogen (secondary N) is 1. The van der Waals surface area contributed by atoms with Crippen molar-refractivity contribution in [1.29, 1.82) is 0 Å². The third-order valence-corrected chi connectivity index (χ3v) is 3.32. The van der Waals surface area contributed by atoms with Crippen molar-refractivity contribution in [2.75, 3.05) is 26.7 Å². The largest absolute Gasteiger partial charge is 0.468 e. The number of carbonyl (C=O) groups is 2. The van der Waals surface area contributed by atoms with Gasteiger partial charge in [0, 0.05) is 13.1 Å². The Kier molecular flexibility index (Phi) is 3.66. The second kappa shape index (κ2) is 4.52. The second-order valence-corrected chi connectivity index (χ2v) is 5.28. The van der Waals surface area contributed by atoms with Crippen LogP contribution in [0.15, 0.2) is 0 Å². The molecule has 0 aromatic heterocycles. The fourth-order valence-electron chi connectivity index (χ4n) is 2.11. The number of methoxy groups -OCH3 is 1. The third-order valence-electron chi connectivity index (χ3n) is 3.32. The van der Waals surface area contributed by atoms with Crippen LogP contribution in [0, 0.1) is 5.41 Å². The molecule has 1 rings (SSSR count). The number of amides is 1. The summed E-state index contributed by atoms with van der Waals surface area (Å²) in [5.41, 5.74) is -1.42. The Labute approximate surface area is 101 Å². The number of esters is 1. The van der Waals surface area contributed by atoms with Crippen LogP contribution in [0.5, 0.6) is 0 Å². The maximum absolute atomic E-state index is 12.0. The summed E-state index contributed by atoms with van der Waals surface area (Å²) in [5, 5.41) is 12.2. The van der Waals surface area contributed by atoms with Crippen LogP contribution in [0.2, 0.25) is 0 Å². The zero-order valence-corrected chi connectivity index (χ0v) is 10.7. The van der Waals surface area contributed by atoms with E-state index < -0.39 is 23.0 Å². The minimum absolute atomic E-state index is 0.110. The van der Waals surface area contributed by atoms with Gasteiger partial charge in [-0.2, -0.15) is 0 Å². The Balaban J connectivity index is 3.07. The highest BCUT2D eigenvalue weighted by Gasteiger charge is 2.52. The van der Waals surface area contributed by atoms with Crippen LogP contribution < -0.4 is 5.32 Å². The van der Waals surface area contributed by atoms with Crippen LogP contribution in [0.3, 0.4) is 0 Å². The van der Waals surface area contributed by atoms with Crippen LogP contribution in [0.25, 0.3) is 0 Å². The first kappa shape index (κ1) is 13.8. The Bertz CT molecular complexity index is 324. The van der Waals surface area contributed by atoms with Gasteiger partial charge in [0.15, 0.2) is 0 Å². The standard InChI is InChI=1S/C11H20N2O4/c1-10(2,3)11(8(14)17-4)7-13(9(15)16)6-5-12-11/h12H,5-7H2,1-4H3,(H,15,16). The van der Waals surface area contributed by atoms with Gasteiger partial charge >= 0.3 is 12.1 Å². The lowest BCUT2D eigenvalue weighted by molar-refractivity contribution is -0.156. The highest BCUT2D eigenvalue weighted by molar-refractivity contribution is 5.83. The number of hydrogen-bond donors (Lipinski definition) is 2.